The van der Waals surface area contributed by atoms with Gasteiger partial charge >= 0.3 is 0 Å². The summed E-state index contributed by atoms with van der Waals surface area (Å²) in [4.78, 5) is 14.9. The largest absolute Gasteiger partial charge is 0.361 e. The summed E-state index contributed by atoms with van der Waals surface area (Å²) in [6, 6.07) is 4.73. The number of H-pyrrole nitrogens is 1. The minimum absolute atomic E-state index is 0.109. The Morgan fingerprint density at radius 2 is 2.33 bits per heavy atom. The molecule has 4 heteroatoms. The number of halogens is 1. The Bertz CT molecular complexity index is 674. The van der Waals surface area contributed by atoms with Crippen LogP contribution >= 0.6 is 0 Å². The maximum Gasteiger partial charge on any atom is 0.220 e. The summed E-state index contributed by atoms with van der Waals surface area (Å²) in [5, 5.41) is 3.98. The molecule has 1 heterocycles. The van der Waals surface area contributed by atoms with E-state index >= 15 is 0 Å². The highest BCUT2D eigenvalue weighted by Gasteiger charge is 2.13. The first-order chi connectivity index (χ1) is 10.2. The molecule has 1 atom stereocenters. The molecule has 0 spiro atoms. The lowest BCUT2D eigenvalue weighted by Gasteiger charge is -2.08. The molecule has 110 valence electrons. The Kier molecular flexibility index (Phi) is 4.04. The molecular weight excluding hydrogens is 267 g/mol. The van der Waals surface area contributed by atoms with Gasteiger partial charge in [-0.15, -0.1) is 0 Å². The first-order valence-corrected chi connectivity index (χ1v) is 7.41. The fourth-order valence-electron chi connectivity index (χ4n) is 2.88. The van der Waals surface area contributed by atoms with E-state index < -0.39 is 0 Å². The van der Waals surface area contributed by atoms with Crippen LogP contribution < -0.4 is 5.32 Å². The second kappa shape index (κ2) is 6.12. The van der Waals surface area contributed by atoms with Gasteiger partial charge in [-0.3, -0.25) is 4.79 Å². The number of benzene rings is 1. The van der Waals surface area contributed by atoms with Crippen molar-refractivity contribution < 1.29 is 9.18 Å². The first-order valence-electron chi connectivity index (χ1n) is 7.41. The molecule has 2 aromatic rings. The number of hydrogen-bond donors (Lipinski definition) is 2. The van der Waals surface area contributed by atoms with Crippen LogP contribution in [0.1, 0.15) is 24.8 Å². The second-order valence-electron chi connectivity index (χ2n) is 5.57. The topological polar surface area (TPSA) is 44.9 Å². The van der Waals surface area contributed by atoms with Crippen LogP contribution in [0.5, 0.6) is 0 Å². The zero-order valence-corrected chi connectivity index (χ0v) is 11.9. The van der Waals surface area contributed by atoms with Crippen LogP contribution in [-0.2, 0) is 11.2 Å². The van der Waals surface area contributed by atoms with Crippen molar-refractivity contribution in [3.63, 3.8) is 0 Å². The summed E-state index contributed by atoms with van der Waals surface area (Å²) in [6.07, 6.45) is 9.66. The van der Waals surface area contributed by atoms with E-state index in [1.54, 1.807) is 6.07 Å². The molecule has 0 radical (unpaired) electrons. The number of allylic oxidation sites excluding steroid dienone is 2. The minimum atomic E-state index is -0.242. The lowest BCUT2D eigenvalue weighted by molar-refractivity contribution is -0.121. The Hall–Kier alpha value is -2.10. The highest BCUT2D eigenvalue weighted by molar-refractivity contribution is 5.83. The average molecular weight is 286 g/mol. The van der Waals surface area contributed by atoms with E-state index in [4.69, 9.17) is 0 Å². The van der Waals surface area contributed by atoms with Crippen molar-refractivity contribution >= 4 is 16.8 Å². The van der Waals surface area contributed by atoms with Crippen LogP contribution in [-0.4, -0.2) is 17.4 Å². The lowest BCUT2D eigenvalue weighted by atomic mass is 10.0. The summed E-state index contributed by atoms with van der Waals surface area (Å²) in [6.45, 7) is 0.611. The third kappa shape index (κ3) is 3.32. The molecule has 0 saturated heterocycles. The number of carbonyl (C=O) groups excluding carboxylic acids is 1. The van der Waals surface area contributed by atoms with Crippen LogP contribution in [0.3, 0.4) is 0 Å². The van der Waals surface area contributed by atoms with E-state index in [0.29, 0.717) is 18.9 Å². The molecule has 3 nitrogen and oxygen atoms in total. The number of hydrogen-bond acceptors (Lipinski definition) is 1. The molecule has 1 aromatic carbocycles. The van der Waals surface area contributed by atoms with Crippen LogP contribution in [0.25, 0.3) is 10.9 Å². The number of fused-ring (bicyclic) bond motifs is 1. The van der Waals surface area contributed by atoms with Crippen LogP contribution in [0.4, 0.5) is 4.39 Å². The van der Waals surface area contributed by atoms with Gasteiger partial charge in [0.05, 0.1) is 0 Å². The van der Waals surface area contributed by atoms with Crippen molar-refractivity contribution in [3.8, 4) is 0 Å². The molecule has 0 unspecified atom stereocenters. The van der Waals surface area contributed by atoms with E-state index in [0.717, 1.165) is 35.7 Å². The van der Waals surface area contributed by atoms with Gasteiger partial charge in [0, 0.05) is 30.1 Å². The van der Waals surface area contributed by atoms with Gasteiger partial charge in [0.1, 0.15) is 5.82 Å². The van der Waals surface area contributed by atoms with Crippen molar-refractivity contribution in [3.05, 3.63) is 47.9 Å². The standard InChI is InChI=1S/C17H19FN2O/c18-14-5-6-15-13(11-20-16(15)10-14)7-8-19-17(21)9-12-3-1-2-4-12/h1,3,5-6,10-12,20H,2,4,7-9H2,(H,19,21)/t12-/m0/s1. The lowest BCUT2D eigenvalue weighted by Crippen LogP contribution is -2.26. The van der Waals surface area contributed by atoms with Gasteiger partial charge in [-0.2, -0.15) is 0 Å². The Balaban J connectivity index is 1.52. The third-order valence-electron chi connectivity index (χ3n) is 4.01. The number of rotatable bonds is 5. The van der Waals surface area contributed by atoms with Gasteiger partial charge in [0.25, 0.3) is 0 Å². The summed E-state index contributed by atoms with van der Waals surface area (Å²) in [5.74, 6) is 0.271. The highest BCUT2D eigenvalue weighted by Crippen LogP contribution is 2.21. The quantitative estimate of drug-likeness (QED) is 0.814. The van der Waals surface area contributed by atoms with Gasteiger partial charge in [-0.05, 0) is 48.9 Å². The van der Waals surface area contributed by atoms with Gasteiger partial charge in [0.15, 0.2) is 0 Å². The fourth-order valence-corrected chi connectivity index (χ4v) is 2.88. The number of aromatic amines is 1. The summed E-state index contributed by atoms with van der Waals surface area (Å²) in [5.41, 5.74) is 1.90. The number of carbonyl (C=O) groups is 1. The molecule has 3 rings (SSSR count). The van der Waals surface area contributed by atoms with E-state index in [2.05, 4.69) is 22.5 Å². The van der Waals surface area contributed by atoms with Crippen molar-refractivity contribution in [2.45, 2.75) is 25.7 Å². The predicted octanol–water partition coefficient (Wildman–Crippen LogP) is 3.32. The van der Waals surface area contributed by atoms with E-state index in [1.807, 2.05) is 6.20 Å². The molecule has 1 aliphatic rings. The smallest absolute Gasteiger partial charge is 0.220 e. The fraction of sp³-hybridized carbons (Fsp3) is 0.353. The van der Waals surface area contributed by atoms with Crippen molar-refractivity contribution in [2.24, 2.45) is 5.92 Å². The molecule has 1 aliphatic carbocycles. The van der Waals surface area contributed by atoms with Crippen LogP contribution in [0.15, 0.2) is 36.5 Å². The first kappa shape index (κ1) is 13.9. The third-order valence-corrected chi connectivity index (χ3v) is 4.01. The molecule has 1 aromatic heterocycles. The van der Waals surface area contributed by atoms with Gasteiger partial charge in [0.2, 0.25) is 5.91 Å². The molecule has 1 amide bonds. The maximum absolute atomic E-state index is 13.1. The zero-order valence-electron chi connectivity index (χ0n) is 11.9. The van der Waals surface area contributed by atoms with Crippen molar-refractivity contribution in [1.82, 2.24) is 10.3 Å². The Morgan fingerprint density at radius 3 is 3.14 bits per heavy atom. The molecule has 0 fully saturated rings. The van der Waals surface area contributed by atoms with E-state index in [-0.39, 0.29) is 11.7 Å². The molecule has 2 N–H and O–H groups in total. The van der Waals surface area contributed by atoms with Crippen molar-refractivity contribution in [1.29, 1.82) is 0 Å². The monoisotopic (exact) mass is 286 g/mol. The Labute approximate surface area is 123 Å². The predicted molar refractivity (Wildman–Crippen MR) is 81.5 cm³/mol. The summed E-state index contributed by atoms with van der Waals surface area (Å²) in [7, 11) is 0. The molecule has 0 bridgehead atoms. The molecule has 0 saturated carbocycles. The van der Waals surface area contributed by atoms with Crippen molar-refractivity contribution in [2.75, 3.05) is 6.54 Å². The number of nitrogens with one attached hydrogen (secondary N) is 2. The minimum Gasteiger partial charge on any atom is -0.361 e. The van der Waals surface area contributed by atoms with E-state index in [9.17, 15) is 9.18 Å². The van der Waals surface area contributed by atoms with Gasteiger partial charge in [-0.1, -0.05) is 12.2 Å². The number of aromatic nitrogens is 1. The normalized spacial score (nSPS) is 17.5. The average Bonchev–Trinajstić information content (AvgIpc) is 3.08. The highest BCUT2D eigenvalue weighted by atomic mass is 19.1. The summed E-state index contributed by atoms with van der Waals surface area (Å²) >= 11 is 0. The SMILES string of the molecule is O=C(C[C@H]1C=CCC1)NCCc1c[nH]c2cc(F)ccc12. The zero-order chi connectivity index (χ0) is 14.7. The molecule has 0 aliphatic heterocycles. The number of amides is 1. The van der Waals surface area contributed by atoms with E-state index in [1.165, 1.54) is 12.1 Å². The van der Waals surface area contributed by atoms with Gasteiger partial charge < -0.3 is 10.3 Å². The molecular formula is C17H19FN2O. The van der Waals surface area contributed by atoms with Crippen LogP contribution in [0, 0.1) is 11.7 Å². The second-order valence-corrected chi connectivity index (χ2v) is 5.57. The summed E-state index contributed by atoms with van der Waals surface area (Å²) < 4.78 is 13.1. The maximum atomic E-state index is 13.1. The van der Waals surface area contributed by atoms with Gasteiger partial charge in [-0.25, -0.2) is 4.39 Å². The Morgan fingerprint density at radius 1 is 1.43 bits per heavy atom. The van der Waals surface area contributed by atoms with Crippen LogP contribution in [0.2, 0.25) is 0 Å². The molecule has 21 heavy (non-hydrogen) atoms.